The average molecular weight is 271 g/mol. The van der Waals surface area contributed by atoms with E-state index in [1.807, 2.05) is 4.90 Å². The number of methoxy groups -OCH3 is 1. The maximum atomic E-state index is 10.8. The van der Waals surface area contributed by atoms with Gasteiger partial charge in [0.15, 0.2) is 0 Å². The van der Waals surface area contributed by atoms with Crippen molar-refractivity contribution in [2.24, 2.45) is 0 Å². The Morgan fingerprint density at radius 1 is 1.72 bits per heavy atom. The van der Waals surface area contributed by atoms with Crippen LogP contribution in [0.15, 0.2) is 24.9 Å². The van der Waals surface area contributed by atoms with Crippen LogP contribution in [0.4, 0.5) is 5.82 Å². The largest absolute Gasteiger partial charge is 0.478 e. The van der Waals surface area contributed by atoms with E-state index in [1.165, 1.54) is 12.3 Å². The Morgan fingerprint density at radius 3 is 2.94 bits per heavy atom. The lowest BCUT2D eigenvalue weighted by atomic mass is 10.3. The second-order valence-electron chi connectivity index (χ2n) is 3.56. The third-order valence-electron chi connectivity index (χ3n) is 2.28. The van der Waals surface area contributed by atoms with Crippen molar-refractivity contribution in [1.82, 2.24) is 4.98 Å². The summed E-state index contributed by atoms with van der Waals surface area (Å²) in [5.41, 5.74) is 0.0639. The number of hydrogen-bond acceptors (Lipinski definition) is 4. The maximum absolute atomic E-state index is 10.8. The summed E-state index contributed by atoms with van der Waals surface area (Å²) in [5.74, 6) is -0.526. The fraction of sp³-hybridized carbons (Fsp3) is 0.333. The van der Waals surface area contributed by atoms with Gasteiger partial charge in [-0.15, -0.1) is 6.58 Å². The molecule has 0 saturated carbocycles. The van der Waals surface area contributed by atoms with E-state index < -0.39 is 5.97 Å². The fourth-order valence-corrected chi connectivity index (χ4v) is 1.71. The average Bonchev–Trinajstić information content (AvgIpc) is 2.34. The van der Waals surface area contributed by atoms with Crippen LogP contribution in [0.1, 0.15) is 10.4 Å². The summed E-state index contributed by atoms with van der Waals surface area (Å²) in [7, 11) is 1.61. The van der Waals surface area contributed by atoms with E-state index in [0.717, 1.165) is 0 Å². The van der Waals surface area contributed by atoms with E-state index in [4.69, 9.17) is 21.4 Å². The number of anilines is 1. The molecule has 18 heavy (non-hydrogen) atoms. The van der Waals surface area contributed by atoms with E-state index in [0.29, 0.717) is 30.5 Å². The van der Waals surface area contributed by atoms with Gasteiger partial charge in [0.2, 0.25) is 0 Å². The van der Waals surface area contributed by atoms with Gasteiger partial charge in [0, 0.05) is 26.4 Å². The highest BCUT2D eigenvalue weighted by atomic mass is 35.5. The summed E-state index contributed by atoms with van der Waals surface area (Å²) in [6.45, 7) is 5.34. The lowest BCUT2D eigenvalue weighted by molar-refractivity contribution is 0.0696. The smallest absolute Gasteiger partial charge is 0.337 e. The first-order valence-electron chi connectivity index (χ1n) is 5.33. The molecule has 0 aliphatic carbocycles. The third-order valence-corrected chi connectivity index (χ3v) is 2.56. The Hall–Kier alpha value is -1.59. The zero-order valence-corrected chi connectivity index (χ0v) is 10.9. The highest BCUT2D eigenvalue weighted by Crippen LogP contribution is 2.24. The standard InChI is InChI=1S/C12H15ClN2O3/c1-3-4-15(5-6-18-2)11-10(13)7-9(8-14-11)12(16)17/h3,7-8H,1,4-6H2,2H3,(H,16,17). The van der Waals surface area contributed by atoms with Crippen molar-refractivity contribution in [3.05, 3.63) is 35.5 Å². The van der Waals surface area contributed by atoms with Gasteiger partial charge in [-0.25, -0.2) is 9.78 Å². The number of rotatable bonds is 7. The van der Waals surface area contributed by atoms with Crippen molar-refractivity contribution in [2.45, 2.75) is 0 Å². The molecule has 1 aromatic heterocycles. The second kappa shape index (κ2) is 6.98. The number of carbonyl (C=O) groups is 1. The number of aromatic nitrogens is 1. The minimum absolute atomic E-state index is 0.0639. The second-order valence-corrected chi connectivity index (χ2v) is 3.97. The van der Waals surface area contributed by atoms with Crippen LogP contribution in [0.25, 0.3) is 0 Å². The van der Waals surface area contributed by atoms with Gasteiger partial charge in [-0.3, -0.25) is 0 Å². The number of hydrogen-bond donors (Lipinski definition) is 1. The predicted octanol–water partition coefficient (Wildman–Crippen LogP) is 2.07. The Bertz CT molecular complexity index is 437. The Labute approximate surface area is 111 Å². The van der Waals surface area contributed by atoms with Gasteiger partial charge in [0.1, 0.15) is 5.82 Å². The molecule has 6 heteroatoms. The van der Waals surface area contributed by atoms with Crippen LogP contribution in [0.5, 0.6) is 0 Å². The summed E-state index contributed by atoms with van der Waals surface area (Å²) in [6, 6.07) is 1.38. The summed E-state index contributed by atoms with van der Waals surface area (Å²) in [4.78, 5) is 16.7. The molecule has 0 unspecified atom stereocenters. The molecule has 0 spiro atoms. The molecule has 98 valence electrons. The molecule has 0 bridgehead atoms. The summed E-state index contributed by atoms with van der Waals surface area (Å²) < 4.78 is 5.00. The maximum Gasteiger partial charge on any atom is 0.337 e. The number of nitrogens with zero attached hydrogens (tertiary/aromatic N) is 2. The van der Waals surface area contributed by atoms with E-state index in [9.17, 15) is 4.79 Å². The van der Waals surface area contributed by atoms with E-state index in [2.05, 4.69) is 11.6 Å². The van der Waals surface area contributed by atoms with Crippen LogP contribution in [0.2, 0.25) is 5.02 Å². The van der Waals surface area contributed by atoms with Crippen molar-refractivity contribution >= 4 is 23.4 Å². The van der Waals surface area contributed by atoms with E-state index in [-0.39, 0.29) is 5.56 Å². The van der Waals surface area contributed by atoms with Crippen molar-refractivity contribution in [2.75, 3.05) is 31.7 Å². The lowest BCUT2D eigenvalue weighted by Gasteiger charge is -2.22. The molecule has 0 fully saturated rings. The van der Waals surface area contributed by atoms with Crippen LogP contribution >= 0.6 is 11.6 Å². The molecule has 1 aromatic rings. The van der Waals surface area contributed by atoms with Crippen molar-refractivity contribution in [1.29, 1.82) is 0 Å². The molecule has 0 aliphatic rings. The van der Waals surface area contributed by atoms with Crippen molar-refractivity contribution in [3.63, 3.8) is 0 Å². The molecule has 0 radical (unpaired) electrons. The zero-order valence-electron chi connectivity index (χ0n) is 10.1. The van der Waals surface area contributed by atoms with E-state index >= 15 is 0 Å². The zero-order chi connectivity index (χ0) is 13.5. The summed E-state index contributed by atoms with van der Waals surface area (Å²) in [5, 5.41) is 9.13. The number of aromatic carboxylic acids is 1. The van der Waals surface area contributed by atoms with Gasteiger partial charge in [-0.05, 0) is 6.07 Å². The number of halogens is 1. The van der Waals surface area contributed by atoms with E-state index in [1.54, 1.807) is 13.2 Å². The highest BCUT2D eigenvalue weighted by Gasteiger charge is 2.13. The van der Waals surface area contributed by atoms with Crippen molar-refractivity contribution in [3.8, 4) is 0 Å². The summed E-state index contributed by atoms with van der Waals surface area (Å²) in [6.07, 6.45) is 3.01. The number of ether oxygens (including phenoxy) is 1. The van der Waals surface area contributed by atoms with Crippen LogP contribution in [0.3, 0.4) is 0 Å². The van der Waals surface area contributed by atoms with Crippen LogP contribution in [0, 0.1) is 0 Å². The molecule has 1 N–H and O–H groups in total. The molecule has 1 rings (SSSR count). The predicted molar refractivity (Wildman–Crippen MR) is 70.5 cm³/mol. The van der Waals surface area contributed by atoms with Crippen LogP contribution in [-0.4, -0.2) is 42.9 Å². The highest BCUT2D eigenvalue weighted by molar-refractivity contribution is 6.33. The van der Waals surface area contributed by atoms with Gasteiger partial charge < -0.3 is 14.7 Å². The SMILES string of the molecule is C=CCN(CCOC)c1ncc(C(=O)O)cc1Cl. The van der Waals surface area contributed by atoms with Gasteiger partial charge in [-0.2, -0.15) is 0 Å². The molecule has 0 amide bonds. The molecule has 0 saturated heterocycles. The van der Waals surface area contributed by atoms with Gasteiger partial charge in [-0.1, -0.05) is 17.7 Å². The number of pyridine rings is 1. The molecule has 0 aliphatic heterocycles. The molecule has 5 nitrogen and oxygen atoms in total. The normalized spacial score (nSPS) is 10.1. The van der Waals surface area contributed by atoms with Gasteiger partial charge >= 0.3 is 5.97 Å². The van der Waals surface area contributed by atoms with Crippen molar-refractivity contribution < 1.29 is 14.6 Å². The molecule has 0 aromatic carbocycles. The molecule has 0 atom stereocenters. The lowest BCUT2D eigenvalue weighted by Crippen LogP contribution is -2.28. The van der Waals surface area contributed by atoms with Gasteiger partial charge in [0.25, 0.3) is 0 Å². The van der Waals surface area contributed by atoms with Crippen LogP contribution in [-0.2, 0) is 4.74 Å². The Kier molecular flexibility index (Phi) is 5.61. The summed E-state index contributed by atoms with van der Waals surface area (Å²) >= 11 is 6.04. The number of carboxylic acids is 1. The third kappa shape index (κ3) is 3.72. The van der Waals surface area contributed by atoms with Crippen LogP contribution < -0.4 is 4.90 Å². The first kappa shape index (κ1) is 14.5. The Morgan fingerprint density at radius 2 is 2.44 bits per heavy atom. The first-order chi connectivity index (χ1) is 8.60. The number of carboxylic acid groups (broad SMARTS) is 1. The molecular weight excluding hydrogens is 256 g/mol. The topological polar surface area (TPSA) is 62.7 Å². The molecule has 1 heterocycles. The molecular formula is C12H15ClN2O3. The fourth-order valence-electron chi connectivity index (χ4n) is 1.42. The minimum atomic E-state index is -1.05. The quantitative estimate of drug-likeness (QED) is 0.769. The first-order valence-corrected chi connectivity index (χ1v) is 5.71. The Balaban J connectivity index is 2.97. The minimum Gasteiger partial charge on any atom is -0.478 e. The van der Waals surface area contributed by atoms with Gasteiger partial charge in [0.05, 0.1) is 17.2 Å². The monoisotopic (exact) mass is 270 g/mol.